The molecule has 6 heteroatoms. The predicted octanol–water partition coefficient (Wildman–Crippen LogP) is 6.32. The van der Waals surface area contributed by atoms with E-state index in [0.717, 1.165) is 40.2 Å². The molecule has 0 spiro atoms. The van der Waals surface area contributed by atoms with Crippen molar-refractivity contribution < 1.29 is 4.74 Å². The van der Waals surface area contributed by atoms with Gasteiger partial charge in [0.2, 0.25) is 0 Å². The van der Waals surface area contributed by atoms with Gasteiger partial charge in [-0.1, -0.05) is 53.7 Å². The molecule has 0 saturated heterocycles. The molecule has 0 saturated carbocycles. The molecule has 0 atom stereocenters. The van der Waals surface area contributed by atoms with Crippen LogP contribution in [0, 0.1) is 0 Å². The Bertz CT molecular complexity index is 1080. The van der Waals surface area contributed by atoms with Crippen molar-refractivity contribution >= 4 is 23.4 Å². The minimum atomic E-state index is 0.641. The number of aryl methyl sites for hydroxylation is 1. The molecule has 4 rings (SSSR count). The third kappa shape index (κ3) is 4.86. The van der Waals surface area contributed by atoms with E-state index in [4.69, 9.17) is 16.3 Å². The Morgan fingerprint density at radius 3 is 2.33 bits per heavy atom. The van der Waals surface area contributed by atoms with Crippen LogP contribution < -0.4 is 4.74 Å². The molecule has 0 radical (unpaired) electrons. The quantitative estimate of drug-likeness (QED) is 0.303. The van der Waals surface area contributed by atoms with Gasteiger partial charge in [0, 0.05) is 22.0 Å². The van der Waals surface area contributed by atoms with Crippen molar-refractivity contribution in [3.63, 3.8) is 0 Å². The van der Waals surface area contributed by atoms with E-state index in [0.29, 0.717) is 11.6 Å². The summed E-state index contributed by atoms with van der Waals surface area (Å²) < 4.78 is 7.68. The highest BCUT2D eigenvalue weighted by Crippen LogP contribution is 2.30. The summed E-state index contributed by atoms with van der Waals surface area (Å²) in [7, 11) is 0. The third-order valence-corrected chi connectivity index (χ3v) is 5.79. The zero-order valence-electron chi connectivity index (χ0n) is 16.7. The summed E-state index contributed by atoms with van der Waals surface area (Å²) in [6.07, 6.45) is 0.970. The Balaban J connectivity index is 1.64. The topological polar surface area (TPSA) is 39.9 Å². The van der Waals surface area contributed by atoms with Crippen molar-refractivity contribution in [1.82, 2.24) is 14.8 Å². The fraction of sp³-hybridized carbons (Fsp3) is 0.167. The van der Waals surface area contributed by atoms with Gasteiger partial charge in [-0.25, -0.2) is 0 Å². The molecule has 152 valence electrons. The summed E-state index contributed by atoms with van der Waals surface area (Å²) in [5.74, 6) is 2.55. The number of halogens is 1. The van der Waals surface area contributed by atoms with Gasteiger partial charge in [-0.3, -0.25) is 4.57 Å². The van der Waals surface area contributed by atoms with Crippen LogP contribution in [0.4, 0.5) is 0 Å². The van der Waals surface area contributed by atoms with Crippen LogP contribution in [0.25, 0.3) is 17.1 Å². The number of nitrogens with zero attached hydrogens (tertiary/aromatic N) is 3. The second kappa shape index (κ2) is 9.83. The Labute approximate surface area is 185 Å². The van der Waals surface area contributed by atoms with Gasteiger partial charge in [0.15, 0.2) is 11.0 Å². The Hall–Kier alpha value is -2.76. The summed E-state index contributed by atoms with van der Waals surface area (Å²) >= 11 is 7.78. The van der Waals surface area contributed by atoms with Gasteiger partial charge in [0.25, 0.3) is 0 Å². The normalized spacial score (nSPS) is 10.9. The average molecular weight is 436 g/mol. The first-order chi connectivity index (χ1) is 14.7. The summed E-state index contributed by atoms with van der Waals surface area (Å²) in [6, 6.07) is 26.2. The average Bonchev–Trinajstić information content (AvgIpc) is 3.20. The lowest BCUT2D eigenvalue weighted by atomic mass is 10.2. The molecule has 0 aliphatic heterocycles. The van der Waals surface area contributed by atoms with E-state index in [2.05, 4.69) is 39.0 Å². The maximum absolute atomic E-state index is 6.07. The van der Waals surface area contributed by atoms with Crippen molar-refractivity contribution in [1.29, 1.82) is 0 Å². The monoisotopic (exact) mass is 435 g/mol. The van der Waals surface area contributed by atoms with E-state index < -0.39 is 0 Å². The van der Waals surface area contributed by atoms with Crippen LogP contribution in [0.1, 0.15) is 12.5 Å². The van der Waals surface area contributed by atoms with Gasteiger partial charge < -0.3 is 4.74 Å². The van der Waals surface area contributed by atoms with E-state index in [1.54, 1.807) is 11.8 Å². The first-order valence-corrected chi connectivity index (χ1v) is 11.2. The van der Waals surface area contributed by atoms with Crippen LogP contribution in [0.5, 0.6) is 5.75 Å². The van der Waals surface area contributed by atoms with E-state index in [1.165, 1.54) is 5.56 Å². The van der Waals surface area contributed by atoms with Crippen molar-refractivity contribution in [3.8, 4) is 22.8 Å². The fourth-order valence-electron chi connectivity index (χ4n) is 3.15. The van der Waals surface area contributed by atoms with Crippen molar-refractivity contribution in [3.05, 3.63) is 89.4 Å². The van der Waals surface area contributed by atoms with Crippen LogP contribution in [0.15, 0.2) is 84.0 Å². The van der Waals surface area contributed by atoms with Gasteiger partial charge in [-0.15, -0.1) is 10.2 Å². The molecule has 0 fully saturated rings. The molecule has 3 aromatic carbocycles. The molecular weight excluding hydrogens is 414 g/mol. The minimum absolute atomic E-state index is 0.641. The molecule has 0 aliphatic rings. The van der Waals surface area contributed by atoms with E-state index in [9.17, 15) is 0 Å². The predicted molar refractivity (Wildman–Crippen MR) is 124 cm³/mol. The number of hydrogen-bond acceptors (Lipinski definition) is 4. The molecule has 30 heavy (non-hydrogen) atoms. The van der Waals surface area contributed by atoms with Gasteiger partial charge in [0.05, 0.1) is 6.61 Å². The first-order valence-electron chi connectivity index (χ1n) is 9.86. The first kappa shape index (κ1) is 20.5. The standard InChI is InChI=1S/C24H22ClN3OS/c1-2-29-22-14-12-21(13-15-22)28-23(19-8-10-20(25)11-9-19)26-27-24(28)30-17-16-18-6-4-3-5-7-18/h3-15H,2,16-17H2,1H3. The van der Waals surface area contributed by atoms with Crippen molar-refractivity contribution in [2.45, 2.75) is 18.5 Å². The molecule has 0 bridgehead atoms. The molecule has 4 aromatic rings. The maximum atomic E-state index is 6.07. The number of rotatable bonds is 8. The lowest BCUT2D eigenvalue weighted by Gasteiger charge is -2.11. The Morgan fingerprint density at radius 2 is 1.63 bits per heavy atom. The summed E-state index contributed by atoms with van der Waals surface area (Å²) in [5, 5.41) is 10.5. The summed E-state index contributed by atoms with van der Waals surface area (Å²) in [5.41, 5.74) is 3.28. The van der Waals surface area contributed by atoms with Crippen LogP contribution in [-0.2, 0) is 6.42 Å². The second-order valence-corrected chi connectivity index (χ2v) is 8.16. The molecule has 1 heterocycles. The molecule has 1 aromatic heterocycles. The molecule has 0 N–H and O–H groups in total. The van der Waals surface area contributed by atoms with Crippen molar-refractivity contribution in [2.24, 2.45) is 0 Å². The lowest BCUT2D eigenvalue weighted by molar-refractivity contribution is 0.340. The summed E-state index contributed by atoms with van der Waals surface area (Å²) in [6.45, 7) is 2.62. The smallest absolute Gasteiger partial charge is 0.196 e. The summed E-state index contributed by atoms with van der Waals surface area (Å²) in [4.78, 5) is 0. The van der Waals surface area contributed by atoms with Crippen LogP contribution >= 0.6 is 23.4 Å². The Morgan fingerprint density at radius 1 is 0.900 bits per heavy atom. The van der Waals surface area contributed by atoms with Gasteiger partial charge in [-0.05, 0) is 67.4 Å². The number of thioether (sulfide) groups is 1. The fourth-order valence-corrected chi connectivity index (χ4v) is 4.21. The van der Waals surface area contributed by atoms with Gasteiger partial charge in [-0.2, -0.15) is 0 Å². The third-order valence-electron chi connectivity index (χ3n) is 4.61. The highest BCUT2D eigenvalue weighted by Gasteiger charge is 2.16. The van der Waals surface area contributed by atoms with Gasteiger partial charge in [0.1, 0.15) is 5.75 Å². The zero-order chi connectivity index (χ0) is 20.8. The number of aromatic nitrogens is 3. The van der Waals surface area contributed by atoms with E-state index in [1.807, 2.05) is 61.5 Å². The lowest BCUT2D eigenvalue weighted by Crippen LogP contribution is -2.01. The molecular formula is C24H22ClN3OS. The maximum Gasteiger partial charge on any atom is 0.196 e. The zero-order valence-corrected chi connectivity index (χ0v) is 18.2. The minimum Gasteiger partial charge on any atom is -0.494 e. The van der Waals surface area contributed by atoms with Crippen LogP contribution in [-0.4, -0.2) is 27.1 Å². The molecule has 0 amide bonds. The molecule has 0 unspecified atom stereocenters. The Kier molecular flexibility index (Phi) is 6.72. The molecule has 0 aliphatic carbocycles. The van der Waals surface area contributed by atoms with E-state index >= 15 is 0 Å². The number of benzene rings is 3. The van der Waals surface area contributed by atoms with Gasteiger partial charge >= 0.3 is 0 Å². The van der Waals surface area contributed by atoms with Crippen LogP contribution in [0.3, 0.4) is 0 Å². The SMILES string of the molecule is CCOc1ccc(-n2c(SCCc3ccccc3)nnc2-c2ccc(Cl)cc2)cc1. The number of hydrogen-bond donors (Lipinski definition) is 0. The van der Waals surface area contributed by atoms with Crippen LogP contribution in [0.2, 0.25) is 5.02 Å². The largest absolute Gasteiger partial charge is 0.494 e. The second-order valence-electron chi connectivity index (χ2n) is 6.66. The molecule has 4 nitrogen and oxygen atoms in total. The highest BCUT2D eigenvalue weighted by molar-refractivity contribution is 7.99. The van der Waals surface area contributed by atoms with Crippen molar-refractivity contribution in [2.75, 3.05) is 12.4 Å². The highest BCUT2D eigenvalue weighted by atomic mass is 35.5. The van der Waals surface area contributed by atoms with E-state index in [-0.39, 0.29) is 0 Å². The number of ether oxygens (including phenoxy) is 1.